The average molecular weight is 269 g/mol. The summed E-state index contributed by atoms with van der Waals surface area (Å²) in [5.74, 6) is 2.60. The lowest BCUT2D eigenvalue weighted by molar-refractivity contribution is 0.494. The van der Waals surface area contributed by atoms with E-state index >= 15 is 0 Å². The number of para-hydroxylation sites is 1. The van der Waals surface area contributed by atoms with E-state index in [4.69, 9.17) is 10.7 Å². The van der Waals surface area contributed by atoms with Gasteiger partial charge in [0.05, 0.1) is 5.52 Å². The van der Waals surface area contributed by atoms with Crippen LogP contribution in [-0.2, 0) is 6.42 Å². The van der Waals surface area contributed by atoms with Gasteiger partial charge in [-0.05, 0) is 42.5 Å². The maximum atomic E-state index is 5.78. The number of aromatic nitrogens is 1. The summed E-state index contributed by atoms with van der Waals surface area (Å²) >= 11 is 0. The molecule has 2 unspecified atom stereocenters. The lowest BCUT2D eigenvalue weighted by Crippen LogP contribution is -2.23. The largest absolute Gasteiger partial charge is 0.356 e. The summed E-state index contributed by atoms with van der Waals surface area (Å²) in [5, 5.41) is 1.21. The highest BCUT2D eigenvalue weighted by molar-refractivity contribution is 5.82. The minimum atomic E-state index is 0.673. The third-order valence-electron chi connectivity index (χ3n) is 4.48. The normalized spacial score (nSPS) is 22.6. The smallest absolute Gasteiger partial charge is 0.132 e. The molecule has 20 heavy (non-hydrogen) atoms. The Morgan fingerprint density at radius 3 is 2.60 bits per heavy atom. The third-order valence-corrected chi connectivity index (χ3v) is 4.48. The van der Waals surface area contributed by atoms with Crippen LogP contribution in [0.25, 0.3) is 10.9 Å². The molecule has 3 heteroatoms. The second-order valence-electron chi connectivity index (χ2n) is 6.06. The molecule has 106 valence electrons. The fourth-order valence-electron chi connectivity index (χ4n) is 3.07. The molecule has 1 saturated heterocycles. The molecule has 0 bridgehead atoms. The van der Waals surface area contributed by atoms with Crippen molar-refractivity contribution in [1.82, 2.24) is 4.98 Å². The van der Waals surface area contributed by atoms with Crippen molar-refractivity contribution in [1.29, 1.82) is 0 Å². The Hall–Kier alpha value is -1.61. The Balaban J connectivity index is 2.05. The molecule has 1 aromatic carbocycles. The van der Waals surface area contributed by atoms with E-state index in [1.807, 2.05) is 0 Å². The first-order chi connectivity index (χ1) is 9.69. The number of pyridine rings is 1. The first-order valence-corrected chi connectivity index (χ1v) is 7.52. The molecule has 0 amide bonds. The minimum absolute atomic E-state index is 0.673. The number of anilines is 1. The molecule has 0 radical (unpaired) electrons. The van der Waals surface area contributed by atoms with Crippen LogP contribution in [0.4, 0.5) is 5.82 Å². The molecule has 1 fully saturated rings. The molecule has 2 N–H and O–H groups in total. The molecular formula is C17H23N3. The summed E-state index contributed by atoms with van der Waals surface area (Å²) in [6.45, 7) is 7.53. The van der Waals surface area contributed by atoms with E-state index in [2.05, 4.69) is 49.1 Å². The maximum absolute atomic E-state index is 5.78. The van der Waals surface area contributed by atoms with Crippen LogP contribution in [0.1, 0.15) is 19.4 Å². The van der Waals surface area contributed by atoms with E-state index in [9.17, 15) is 0 Å². The third kappa shape index (κ3) is 2.38. The Bertz CT molecular complexity index is 598. The number of nitrogens with two attached hydrogens (primary N) is 1. The molecule has 3 nitrogen and oxygen atoms in total. The van der Waals surface area contributed by atoms with Crippen LogP contribution in [0, 0.1) is 11.8 Å². The van der Waals surface area contributed by atoms with Crippen LogP contribution in [0.15, 0.2) is 30.3 Å². The zero-order chi connectivity index (χ0) is 14.1. The molecular weight excluding hydrogens is 246 g/mol. The molecule has 0 saturated carbocycles. The van der Waals surface area contributed by atoms with Crippen LogP contribution >= 0.6 is 0 Å². The van der Waals surface area contributed by atoms with Gasteiger partial charge in [0.2, 0.25) is 0 Å². The van der Waals surface area contributed by atoms with Gasteiger partial charge in [-0.25, -0.2) is 4.98 Å². The van der Waals surface area contributed by atoms with Crippen molar-refractivity contribution < 1.29 is 0 Å². The quantitative estimate of drug-likeness (QED) is 0.931. The van der Waals surface area contributed by atoms with Crippen molar-refractivity contribution in [2.24, 2.45) is 17.6 Å². The van der Waals surface area contributed by atoms with Gasteiger partial charge < -0.3 is 10.6 Å². The van der Waals surface area contributed by atoms with Crippen LogP contribution in [0.5, 0.6) is 0 Å². The highest BCUT2D eigenvalue weighted by Crippen LogP contribution is 2.30. The standard InChI is InChI=1S/C17H23N3/c1-12-10-20(11-13(12)2)17-15(7-8-18)9-14-5-3-4-6-16(14)19-17/h3-6,9,12-13H,7-8,10-11,18H2,1-2H3. The Morgan fingerprint density at radius 1 is 1.20 bits per heavy atom. The average Bonchev–Trinajstić information content (AvgIpc) is 2.78. The summed E-state index contributed by atoms with van der Waals surface area (Å²) in [5.41, 5.74) is 8.14. The first-order valence-electron chi connectivity index (χ1n) is 7.52. The van der Waals surface area contributed by atoms with E-state index in [-0.39, 0.29) is 0 Å². The Morgan fingerprint density at radius 2 is 1.90 bits per heavy atom. The number of fused-ring (bicyclic) bond motifs is 1. The predicted octanol–water partition coefficient (Wildman–Crippen LogP) is 2.83. The van der Waals surface area contributed by atoms with E-state index in [1.54, 1.807) is 0 Å². The van der Waals surface area contributed by atoms with E-state index in [1.165, 1.54) is 10.9 Å². The SMILES string of the molecule is CC1CN(c2nc3ccccc3cc2CCN)CC1C. The summed E-state index contributed by atoms with van der Waals surface area (Å²) in [7, 11) is 0. The molecule has 3 rings (SSSR count). The summed E-state index contributed by atoms with van der Waals surface area (Å²) in [6.07, 6.45) is 0.895. The summed E-state index contributed by atoms with van der Waals surface area (Å²) in [6, 6.07) is 10.6. The van der Waals surface area contributed by atoms with E-state index in [0.717, 1.165) is 42.7 Å². The number of hydrogen-bond acceptors (Lipinski definition) is 3. The van der Waals surface area contributed by atoms with E-state index in [0.29, 0.717) is 6.54 Å². The monoisotopic (exact) mass is 269 g/mol. The van der Waals surface area contributed by atoms with Gasteiger partial charge in [-0.1, -0.05) is 32.0 Å². The fraction of sp³-hybridized carbons (Fsp3) is 0.471. The zero-order valence-electron chi connectivity index (χ0n) is 12.3. The molecule has 2 heterocycles. The van der Waals surface area contributed by atoms with Crippen LogP contribution < -0.4 is 10.6 Å². The topological polar surface area (TPSA) is 42.2 Å². The van der Waals surface area contributed by atoms with Gasteiger partial charge in [-0.3, -0.25) is 0 Å². The van der Waals surface area contributed by atoms with Crippen LogP contribution in [0.2, 0.25) is 0 Å². The highest BCUT2D eigenvalue weighted by atomic mass is 15.2. The van der Waals surface area contributed by atoms with Crippen LogP contribution in [-0.4, -0.2) is 24.6 Å². The van der Waals surface area contributed by atoms with Gasteiger partial charge in [0.25, 0.3) is 0 Å². The summed E-state index contributed by atoms with van der Waals surface area (Å²) < 4.78 is 0. The molecule has 1 aliphatic rings. The van der Waals surface area contributed by atoms with E-state index < -0.39 is 0 Å². The van der Waals surface area contributed by atoms with Gasteiger partial charge in [-0.15, -0.1) is 0 Å². The predicted molar refractivity (Wildman–Crippen MR) is 85.0 cm³/mol. The molecule has 0 spiro atoms. The van der Waals surface area contributed by atoms with Gasteiger partial charge in [0.1, 0.15) is 5.82 Å². The second-order valence-corrected chi connectivity index (χ2v) is 6.06. The van der Waals surface area contributed by atoms with Crippen molar-refractivity contribution in [2.45, 2.75) is 20.3 Å². The summed E-state index contributed by atoms with van der Waals surface area (Å²) in [4.78, 5) is 7.35. The van der Waals surface area contributed by atoms with Crippen molar-refractivity contribution >= 4 is 16.7 Å². The Labute approximate surface area is 120 Å². The minimum Gasteiger partial charge on any atom is -0.356 e. The lowest BCUT2D eigenvalue weighted by Gasteiger charge is -2.21. The van der Waals surface area contributed by atoms with Crippen LogP contribution in [0.3, 0.4) is 0 Å². The Kier molecular flexibility index (Phi) is 3.62. The fourth-order valence-corrected chi connectivity index (χ4v) is 3.07. The zero-order valence-corrected chi connectivity index (χ0v) is 12.3. The van der Waals surface area contributed by atoms with Crippen molar-refractivity contribution in [3.05, 3.63) is 35.9 Å². The van der Waals surface area contributed by atoms with Gasteiger partial charge >= 0.3 is 0 Å². The maximum Gasteiger partial charge on any atom is 0.132 e. The molecule has 1 aliphatic heterocycles. The molecule has 2 atom stereocenters. The first kappa shape index (κ1) is 13.4. The van der Waals surface area contributed by atoms with Gasteiger partial charge in [-0.2, -0.15) is 0 Å². The molecule has 1 aromatic heterocycles. The number of benzene rings is 1. The molecule has 2 aromatic rings. The number of nitrogens with zero attached hydrogens (tertiary/aromatic N) is 2. The number of rotatable bonds is 3. The molecule has 0 aliphatic carbocycles. The van der Waals surface area contributed by atoms with Gasteiger partial charge in [0, 0.05) is 18.5 Å². The van der Waals surface area contributed by atoms with Crippen molar-refractivity contribution in [3.63, 3.8) is 0 Å². The van der Waals surface area contributed by atoms with Crippen molar-refractivity contribution in [2.75, 3.05) is 24.5 Å². The number of hydrogen-bond donors (Lipinski definition) is 1. The van der Waals surface area contributed by atoms with Gasteiger partial charge in [0.15, 0.2) is 0 Å². The second kappa shape index (κ2) is 5.41. The van der Waals surface area contributed by atoms with Crippen molar-refractivity contribution in [3.8, 4) is 0 Å². The highest BCUT2D eigenvalue weighted by Gasteiger charge is 2.28. The lowest BCUT2D eigenvalue weighted by atomic mass is 10.0.